The number of rotatable bonds is 6. The Kier molecular flexibility index (Phi) is 8.03. The van der Waals surface area contributed by atoms with Crippen LogP contribution in [0.25, 0.3) is 33.5 Å². The van der Waals surface area contributed by atoms with E-state index in [1.54, 1.807) is 7.11 Å². The summed E-state index contributed by atoms with van der Waals surface area (Å²) in [4.78, 5) is 2.40. The van der Waals surface area contributed by atoms with Gasteiger partial charge in [0.05, 0.1) is 20.3 Å². The summed E-state index contributed by atoms with van der Waals surface area (Å²) in [5.41, 5.74) is 14.3. The molecule has 266 valence electrons. The predicted molar refractivity (Wildman–Crippen MR) is 221 cm³/mol. The Morgan fingerprint density at radius 1 is 0.741 bits per heavy atom. The molecule has 6 aromatic rings. The van der Waals surface area contributed by atoms with E-state index in [4.69, 9.17) is 14.2 Å². The van der Waals surface area contributed by atoms with E-state index in [0.29, 0.717) is 0 Å². The van der Waals surface area contributed by atoms with Crippen LogP contribution in [0.15, 0.2) is 145 Å². The minimum Gasteiger partial charge on any atom is -0.497 e. The van der Waals surface area contributed by atoms with Gasteiger partial charge in [0.1, 0.15) is 11.5 Å². The lowest BCUT2D eigenvalue weighted by molar-refractivity contribution is 0.122. The molecule has 0 bridgehead atoms. The maximum absolute atomic E-state index is 7.73. The highest BCUT2D eigenvalue weighted by Gasteiger charge is 2.42. The molecule has 0 spiro atoms. The molecule has 1 fully saturated rings. The van der Waals surface area contributed by atoms with Crippen molar-refractivity contribution in [2.45, 2.75) is 31.3 Å². The number of allylic oxidation sites excluding steroid dienone is 4. The zero-order chi connectivity index (χ0) is 36.2. The van der Waals surface area contributed by atoms with Crippen LogP contribution in [0, 0.1) is 6.92 Å². The summed E-state index contributed by atoms with van der Waals surface area (Å²) in [7, 11) is 1.74. The van der Waals surface area contributed by atoms with Crippen molar-refractivity contribution in [3.8, 4) is 22.6 Å². The fourth-order valence-corrected chi connectivity index (χ4v) is 9.37. The summed E-state index contributed by atoms with van der Waals surface area (Å²) in [6.45, 7) is 5.52. The molecule has 0 amide bonds. The highest BCUT2D eigenvalue weighted by Crippen LogP contribution is 2.58. The largest absolute Gasteiger partial charge is 0.497 e. The van der Waals surface area contributed by atoms with Crippen LogP contribution in [-0.2, 0) is 10.3 Å². The number of morpholine rings is 1. The van der Waals surface area contributed by atoms with Crippen molar-refractivity contribution in [2.75, 3.05) is 38.3 Å². The molecule has 4 heteroatoms. The Balaban J connectivity index is 1.27. The number of ether oxygens (including phenoxy) is 3. The molecule has 0 saturated carbocycles. The number of aryl methyl sites for hydroxylation is 1. The highest BCUT2D eigenvalue weighted by molar-refractivity contribution is 6.07. The van der Waals surface area contributed by atoms with Crippen LogP contribution in [0.2, 0.25) is 0 Å². The summed E-state index contributed by atoms with van der Waals surface area (Å²) in [6, 6.07) is 44.0. The van der Waals surface area contributed by atoms with Gasteiger partial charge in [0.15, 0.2) is 5.60 Å². The molecule has 1 saturated heterocycles. The van der Waals surface area contributed by atoms with Crippen LogP contribution in [-0.4, -0.2) is 33.4 Å². The first-order chi connectivity index (χ1) is 26.6. The Bertz CT molecular complexity index is 2500. The molecule has 2 atom stereocenters. The SMILES string of the molecule is COc1ccc2c(-c3ccccc3C)c(C3C4=C(CCC=C4)c4ccccc43)c3c(c2c1)OC(c1ccccc1)(c1ccc(N2CCOCC2)cc1)C=C3. The first-order valence-electron chi connectivity index (χ1n) is 19.2. The lowest BCUT2D eigenvalue weighted by Crippen LogP contribution is -2.37. The van der Waals surface area contributed by atoms with Crippen molar-refractivity contribution in [2.24, 2.45) is 0 Å². The van der Waals surface area contributed by atoms with E-state index in [1.165, 1.54) is 50.2 Å². The monoisotopic (exact) mass is 705 g/mol. The lowest BCUT2D eigenvalue weighted by atomic mass is 9.75. The van der Waals surface area contributed by atoms with Gasteiger partial charge in [-0.3, -0.25) is 0 Å². The molecule has 10 rings (SSSR count). The third-order valence-corrected chi connectivity index (χ3v) is 12.0. The topological polar surface area (TPSA) is 30.9 Å². The minimum absolute atomic E-state index is 0.0490. The Morgan fingerprint density at radius 2 is 1.48 bits per heavy atom. The summed E-state index contributed by atoms with van der Waals surface area (Å²) < 4.78 is 19.3. The molecule has 2 heterocycles. The molecule has 4 nitrogen and oxygen atoms in total. The average Bonchev–Trinajstić information content (AvgIpc) is 3.58. The summed E-state index contributed by atoms with van der Waals surface area (Å²) in [6.07, 6.45) is 11.5. The van der Waals surface area contributed by atoms with E-state index in [0.717, 1.165) is 78.1 Å². The first-order valence-corrected chi connectivity index (χ1v) is 19.2. The van der Waals surface area contributed by atoms with Gasteiger partial charge in [-0.05, 0) is 106 Å². The highest BCUT2D eigenvalue weighted by atomic mass is 16.5. The second-order valence-corrected chi connectivity index (χ2v) is 14.8. The predicted octanol–water partition coefficient (Wildman–Crippen LogP) is 11.3. The minimum atomic E-state index is -0.863. The van der Waals surface area contributed by atoms with Gasteiger partial charge in [-0.1, -0.05) is 109 Å². The molecule has 2 aliphatic carbocycles. The Hall–Kier alpha value is -5.84. The average molecular weight is 706 g/mol. The molecule has 54 heavy (non-hydrogen) atoms. The summed E-state index contributed by atoms with van der Waals surface area (Å²) >= 11 is 0. The maximum Gasteiger partial charge on any atom is 0.178 e. The van der Waals surface area contributed by atoms with Crippen molar-refractivity contribution in [1.29, 1.82) is 0 Å². The van der Waals surface area contributed by atoms with Crippen LogP contribution >= 0.6 is 0 Å². The maximum atomic E-state index is 7.73. The second kappa shape index (κ2) is 13.2. The van der Waals surface area contributed by atoms with Gasteiger partial charge >= 0.3 is 0 Å². The molecule has 0 radical (unpaired) electrons. The quantitative estimate of drug-likeness (QED) is 0.173. The van der Waals surface area contributed by atoms with Crippen molar-refractivity contribution >= 4 is 28.1 Å². The molecular weight excluding hydrogens is 663 g/mol. The molecule has 4 aliphatic rings. The number of methoxy groups -OCH3 is 1. The molecule has 0 aromatic heterocycles. The van der Waals surface area contributed by atoms with Crippen molar-refractivity contribution in [3.05, 3.63) is 184 Å². The van der Waals surface area contributed by atoms with Gasteiger partial charge in [0, 0.05) is 46.8 Å². The Labute approximate surface area is 317 Å². The van der Waals surface area contributed by atoms with Crippen LogP contribution in [0.3, 0.4) is 0 Å². The number of anilines is 1. The number of fused-ring (bicyclic) bond motifs is 5. The standard InChI is InChI=1S/C50H43NO3/c1-33-12-6-7-15-38(33)46-43-25-24-37(52-2)32-45(43)49-44(48(46)47-41-18-10-8-16-39(41)40-17-9-11-19-42(40)47)26-27-50(54-49,34-13-4-3-5-14-34)35-20-22-36(23-21-35)51-28-30-53-31-29-51/h3-8,10-16,18-27,32,47H,9,17,28-31H2,1-2H3. The second-order valence-electron chi connectivity index (χ2n) is 14.8. The lowest BCUT2D eigenvalue weighted by Gasteiger charge is -2.39. The molecule has 6 aromatic carbocycles. The van der Waals surface area contributed by atoms with E-state index in [9.17, 15) is 0 Å². The molecule has 0 N–H and O–H groups in total. The third kappa shape index (κ3) is 5.15. The van der Waals surface area contributed by atoms with Crippen molar-refractivity contribution < 1.29 is 14.2 Å². The third-order valence-electron chi connectivity index (χ3n) is 12.0. The van der Waals surface area contributed by atoms with Gasteiger partial charge in [-0.15, -0.1) is 0 Å². The van der Waals surface area contributed by atoms with Gasteiger partial charge in [-0.25, -0.2) is 0 Å². The number of hydrogen-bond donors (Lipinski definition) is 0. The summed E-state index contributed by atoms with van der Waals surface area (Å²) in [5, 5.41) is 2.20. The van der Waals surface area contributed by atoms with E-state index in [-0.39, 0.29) is 5.92 Å². The van der Waals surface area contributed by atoms with Crippen LogP contribution in [0.5, 0.6) is 11.5 Å². The zero-order valence-electron chi connectivity index (χ0n) is 30.8. The fraction of sp³-hybridized carbons (Fsp3) is 0.200. The van der Waals surface area contributed by atoms with Crippen molar-refractivity contribution in [1.82, 2.24) is 0 Å². The molecule has 2 aliphatic heterocycles. The van der Waals surface area contributed by atoms with Crippen LogP contribution in [0.1, 0.15) is 57.7 Å². The first kappa shape index (κ1) is 32.8. The van der Waals surface area contributed by atoms with E-state index in [2.05, 4.69) is 157 Å². The van der Waals surface area contributed by atoms with Gasteiger partial charge < -0.3 is 19.1 Å². The smallest absolute Gasteiger partial charge is 0.178 e. The number of nitrogens with zero attached hydrogens (tertiary/aromatic N) is 1. The van der Waals surface area contributed by atoms with Gasteiger partial charge in [0.25, 0.3) is 0 Å². The van der Waals surface area contributed by atoms with Crippen LogP contribution in [0.4, 0.5) is 5.69 Å². The van der Waals surface area contributed by atoms with Gasteiger partial charge in [-0.2, -0.15) is 0 Å². The summed E-state index contributed by atoms with van der Waals surface area (Å²) in [5.74, 6) is 1.73. The Morgan fingerprint density at radius 3 is 2.28 bits per heavy atom. The zero-order valence-corrected chi connectivity index (χ0v) is 30.8. The normalized spacial score (nSPS) is 20.0. The van der Waals surface area contributed by atoms with Crippen LogP contribution < -0.4 is 14.4 Å². The van der Waals surface area contributed by atoms with Gasteiger partial charge in [0.2, 0.25) is 0 Å². The van der Waals surface area contributed by atoms with E-state index < -0.39 is 5.60 Å². The fourth-order valence-electron chi connectivity index (χ4n) is 9.37. The number of hydrogen-bond acceptors (Lipinski definition) is 4. The van der Waals surface area contributed by atoms with E-state index in [1.807, 2.05) is 0 Å². The van der Waals surface area contributed by atoms with E-state index >= 15 is 0 Å². The van der Waals surface area contributed by atoms with Crippen molar-refractivity contribution in [3.63, 3.8) is 0 Å². The molecule has 2 unspecified atom stereocenters. The number of benzene rings is 6. The molecular formula is C50H43NO3.